The summed E-state index contributed by atoms with van der Waals surface area (Å²) in [5, 5.41) is 12.0. The van der Waals surface area contributed by atoms with Gasteiger partial charge in [0.1, 0.15) is 11.6 Å². The highest BCUT2D eigenvalue weighted by molar-refractivity contribution is 6.11. The summed E-state index contributed by atoms with van der Waals surface area (Å²) in [6, 6.07) is 5.54. The first-order valence-corrected chi connectivity index (χ1v) is 6.10. The van der Waals surface area contributed by atoms with Crippen LogP contribution in [0.25, 0.3) is 0 Å². The minimum absolute atomic E-state index is 0.0272. The molecule has 1 aliphatic heterocycles. The van der Waals surface area contributed by atoms with Gasteiger partial charge in [-0.2, -0.15) is 18.4 Å². The van der Waals surface area contributed by atoms with E-state index in [-0.39, 0.29) is 17.7 Å². The molecule has 1 fully saturated rings. The second-order valence-corrected chi connectivity index (χ2v) is 4.35. The molecule has 0 spiro atoms. The fraction of sp³-hybridized carbons (Fsp3) is 0.286. The van der Waals surface area contributed by atoms with Crippen molar-refractivity contribution in [3.63, 3.8) is 0 Å². The summed E-state index contributed by atoms with van der Waals surface area (Å²) in [6.07, 6.45) is -4.46. The number of carbonyl (C=O) groups excluding carboxylic acids is 1. The first-order chi connectivity index (χ1) is 9.93. The van der Waals surface area contributed by atoms with Crippen molar-refractivity contribution in [2.24, 2.45) is 0 Å². The van der Waals surface area contributed by atoms with Gasteiger partial charge in [-0.15, -0.1) is 0 Å². The number of morpholine rings is 1. The Morgan fingerprint density at radius 1 is 1.29 bits per heavy atom. The molecule has 0 unspecified atom stereocenters. The van der Waals surface area contributed by atoms with Gasteiger partial charge < -0.3 is 10.1 Å². The normalized spacial score (nSPS) is 17.6. The Balaban J connectivity index is 2.29. The number of hydrogen-bond acceptors (Lipinski definition) is 4. The van der Waals surface area contributed by atoms with Crippen molar-refractivity contribution in [1.82, 2.24) is 5.32 Å². The predicted octanol–water partition coefficient (Wildman–Crippen LogP) is 2.29. The predicted molar refractivity (Wildman–Crippen MR) is 67.2 cm³/mol. The molecule has 2 rings (SSSR count). The Hall–Kier alpha value is -2.33. The van der Waals surface area contributed by atoms with Gasteiger partial charge in [0, 0.05) is 12.1 Å². The molecule has 0 bridgehead atoms. The zero-order chi connectivity index (χ0) is 15.5. The minimum atomic E-state index is -4.46. The first kappa shape index (κ1) is 15.1. The molecule has 1 saturated heterocycles. The van der Waals surface area contributed by atoms with E-state index in [0.29, 0.717) is 18.8 Å². The zero-order valence-corrected chi connectivity index (χ0v) is 10.8. The maximum absolute atomic E-state index is 12.5. The van der Waals surface area contributed by atoms with Crippen molar-refractivity contribution in [3.05, 3.63) is 46.7 Å². The number of nitriles is 1. The van der Waals surface area contributed by atoms with Gasteiger partial charge in [0.05, 0.1) is 24.5 Å². The average Bonchev–Trinajstić information content (AvgIpc) is 2.48. The topological polar surface area (TPSA) is 62.1 Å². The Bertz CT molecular complexity index is 605. The lowest BCUT2D eigenvalue weighted by molar-refractivity contribution is -0.137. The molecule has 1 heterocycles. The van der Waals surface area contributed by atoms with E-state index in [0.717, 1.165) is 24.3 Å². The van der Waals surface area contributed by atoms with Gasteiger partial charge in [0.2, 0.25) is 5.78 Å². The molecule has 7 heteroatoms. The Morgan fingerprint density at radius 3 is 2.43 bits per heavy atom. The number of rotatable bonds is 2. The van der Waals surface area contributed by atoms with Crippen molar-refractivity contribution in [3.8, 4) is 6.07 Å². The van der Waals surface area contributed by atoms with Crippen LogP contribution in [0.1, 0.15) is 15.9 Å². The average molecular weight is 296 g/mol. The van der Waals surface area contributed by atoms with Crippen LogP contribution in [0.15, 0.2) is 35.5 Å². The molecule has 0 radical (unpaired) electrons. The quantitative estimate of drug-likeness (QED) is 0.517. The third kappa shape index (κ3) is 3.41. The number of ketones is 1. The third-order valence-electron chi connectivity index (χ3n) is 2.95. The van der Waals surface area contributed by atoms with Crippen LogP contribution in [0.4, 0.5) is 13.2 Å². The van der Waals surface area contributed by atoms with E-state index in [1.165, 1.54) is 0 Å². The number of allylic oxidation sites excluding steroid dienone is 1. The number of carbonyl (C=O) groups is 1. The van der Waals surface area contributed by atoms with Gasteiger partial charge in [-0.25, -0.2) is 0 Å². The van der Waals surface area contributed by atoms with Gasteiger partial charge in [0.15, 0.2) is 0 Å². The van der Waals surface area contributed by atoms with Crippen molar-refractivity contribution >= 4 is 5.78 Å². The van der Waals surface area contributed by atoms with E-state index in [9.17, 15) is 18.0 Å². The molecule has 1 N–H and O–H groups in total. The van der Waals surface area contributed by atoms with E-state index >= 15 is 0 Å². The maximum atomic E-state index is 12.5. The lowest BCUT2D eigenvalue weighted by Crippen LogP contribution is -2.31. The minimum Gasteiger partial charge on any atom is -0.383 e. The van der Waals surface area contributed by atoms with Crippen LogP contribution in [0.2, 0.25) is 0 Å². The number of benzene rings is 1. The van der Waals surface area contributed by atoms with Crippen molar-refractivity contribution in [1.29, 1.82) is 5.26 Å². The summed E-state index contributed by atoms with van der Waals surface area (Å²) in [7, 11) is 0. The molecule has 0 atom stereocenters. The number of nitrogens with zero attached hydrogens (tertiary/aromatic N) is 1. The summed E-state index contributed by atoms with van der Waals surface area (Å²) in [5.41, 5.74) is -0.605. The SMILES string of the molecule is N#C/C(C(=O)c1ccc(C(F)(F)F)cc1)=C1\COCCN1. The van der Waals surface area contributed by atoms with E-state index in [2.05, 4.69) is 5.32 Å². The molecular weight excluding hydrogens is 285 g/mol. The Kier molecular flexibility index (Phi) is 4.29. The number of ether oxygens (including phenoxy) is 1. The molecular formula is C14H11F3N2O2. The van der Waals surface area contributed by atoms with Gasteiger partial charge in [0.25, 0.3) is 0 Å². The van der Waals surface area contributed by atoms with E-state index in [1.54, 1.807) is 6.07 Å². The standard InChI is InChI=1S/C14H11F3N2O2/c15-14(16,17)10-3-1-9(2-4-10)13(20)11(7-18)12-8-21-6-5-19-12/h1-4,19H,5-6,8H2/b12-11-. The number of halogens is 3. The largest absolute Gasteiger partial charge is 0.416 e. The molecule has 1 aromatic rings. The number of nitrogens with one attached hydrogen (secondary N) is 1. The van der Waals surface area contributed by atoms with Gasteiger partial charge in [-0.1, -0.05) is 12.1 Å². The second kappa shape index (κ2) is 5.97. The third-order valence-corrected chi connectivity index (χ3v) is 2.95. The molecule has 0 aliphatic carbocycles. The Morgan fingerprint density at radius 2 is 1.95 bits per heavy atom. The molecule has 0 saturated carbocycles. The van der Waals surface area contributed by atoms with E-state index in [1.807, 2.05) is 0 Å². The van der Waals surface area contributed by atoms with Gasteiger partial charge in [-0.05, 0) is 12.1 Å². The fourth-order valence-corrected chi connectivity index (χ4v) is 1.87. The van der Waals surface area contributed by atoms with Gasteiger partial charge in [-0.3, -0.25) is 4.79 Å². The summed E-state index contributed by atoms with van der Waals surface area (Å²) in [5.74, 6) is -0.626. The monoisotopic (exact) mass is 296 g/mol. The highest BCUT2D eigenvalue weighted by atomic mass is 19.4. The van der Waals surface area contributed by atoms with Crippen LogP contribution in [-0.2, 0) is 10.9 Å². The van der Waals surface area contributed by atoms with Crippen molar-refractivity contribution in [2.45, 2.75) is 6.18 Å². The van der Waals surface area contributed by atoms with Crippen LogP contribution in [-0.4, -0.2) is 25.5 Å². The van der Waals surface area contributed by atoms with E-state index in [4.69, 9.17) is 10.00 Å². The Labute approximate surface area is 118 Å². The van der Waals surface area contributed by atoms with Crippen LogP contribution < -0.4 is 5.32 Å². The zero-order valence-electron chi connectivity index (χ0n) is 10.8. The molecule has 0 amide bonds. The summed E-state index contributed by atoms with van der Waals surface area (Å²) < 4.78 is 42.5. The molecule has 110 valence electrons. The van der Waals surface area contributed by atoms with Crippen LogP contribution in [0, 0.1) is 11.3 Å². The van der Waals surface area contributed by atoms with Crippen LogP contribution in [0.5, 0.6) is 0 Å². The molecule has 0 aromatic heterocycles. The molecule has 1 aromatic carbocycles. The smallest absolute Gasteiger partial charge is 0.383 e. The molecule has 1 aliphatic rings. The summed E-state index contributed by atoms with van der Waals surface area (Å²) >= 11 is 0. The lowest BCUT2D eigenvalue weighted by atomic mass is 10.0. The second-order valence-electron chi connectivity index (χ2n) is 4.35. The molecule has 21 heavy (non-hydrogen) atoms. The lowest BCUT2D eigenvalue weighted by Gasteiger charge is -2.18. The number of hydrogen-bond donors (Lipinski definition) is 1. The first-order valence-electron chi connectivity index (χ1n) is 6.10. The summed E-state index contributed by atoms with van der Waals surface area (Å²) in [6.45, 7) is 1.05. The van der Waals surface area contributed by atoms with E-state index < -0.39 is 17.5 Å². The highest BCUT2D eigenvalue weighted by Crippen LogP contribution is 2.29. The molecule has 4 nitrogen and oxygen atoms in total. The maximum Gasteiger partial charge on any atom is 0.416 e. The van der Waals surface area contributed by atoms with Crippen LogP contribution >= 0.6 is 0 Å². The fourth-order valence-electron chi connectivity index (χ4n) is 1.87. The van der Waals surface area contributed by atoms with Gasteiger partial charge >= 0.3 is 6.18 Å². The van der Waals surface area contributed by atoms with Crippen LogP contribution in [0.3, 0.4) is 0 Å². The number of Topliss-reactive ketones (excluding diaryl/α,β-unsaturated/α-hetero) is 1. The van der Waals surface area contributed by atoms with Crippen molar-refractivity contribution < 1.29 is 22.7 Å². The highest BCUT2D eigenvalue weighted by Gasteiger charge is 2.30. The number of alkyl halides is 3. The van der Waals surface area contributed by atoms with Crippen molar-refractivity contribution in [2.75, 3.05) is 19.8 Å². The summed E-state index contributed by atoms with van der Waals surface area (Å²) in [4.78, 5) is 12.2.